The average molecular weight is 711 g/mol. The maximum Gasteiger partial charge on any atom is 0.453 e. The number of aromatic nitrogens is 2. The van der Waals surface area contributed by atoms with Gasteiger partial charge in [0.15, 0.2) is 5.82 Å². The van der Waals surface area contributed by atoms with E-state index in [1.165, 1.54) is 40.2 Å². The van der Waals surface area contributed by atoms with Crippen LogP contribution in [0.25, 0.3) is 5.69 Å². The van der Waals surface area contributed by atoms with Crippen molar-refractivity contribution in [3.05, 3.63) is 75.1 Å². The molecule has 0 saturated heterocycles. The minimum atomic E-state index is -5.63. The molecule has 0 aliphatic carbocycles. The van der Waals surface area contributed by atoms with E-state index in [9.17, 15) is 43.6 Å². The van der Waals surface area contributed by atoms with E-state index in [1.807, 2.05) is 6.92 Å². The summed E-state index contributed by atoms with van der Waals surface area (Å²) >= 11 is 2.27. The average Bonchev–Trinajstić information content (AvgIpc) is 3.25. The van der Waals surface area contributed by atoms with Gasteiger partial charge in [0.05, 0.1) is 14.0 Å². The molecule has 18 heteroatoms. The van der Waals surface area contributed by atoms with Crippen LogP contribution < -0.4 is 15.1 Å². The molecule has 2 aromatic rings. The summed E-state index contributed by atoms with van der Waals surface area (Å²) in [5.74, 6) is -4.98. The molecule has 0 bridgehead atoms. The van der Waals surface area contributed by atoms with E-state index in [-0.39, 0.29) is 39.2 Å². The molecule has 0 amide bonds. The first-order valence-corrected chi connectivity index (χ1v) is 17.9. The predicted molar refractivity (Wildman–Crippen MR) is 163 cm³/mol. The van der Waals surface area contributed by atoms with Crippen LogP contribution in [0.2, 0.25) is 0 Å². The molecule has 2 heterocycles. The Hall–Kier alpha value is -3.22. The molecular weight excluding hydrogens is 684 g/mol. The second-order valence-electron chi connectivity index (χ2n) is 10.0. The number of anilines is 2. The van der Waals surface area contributed by atoms with Gasteiger partial charge in [-0.2, -0.15) is 26.9 Å². The molecule has 4 rings (SSSR count). The smallest absolute Gasteiger partial charge is 0.280 e. The maximum absolute atomic E-state index is 13.3. The molecule has 45 heavy (non-hydrogen) atoms. The van der Waals surface area contributed by atoms with Gasteiger partial charge < -0.3 is 0 Å². The fraction of sp³-hybridized carbons (Fsp3) is 0.333. The molecule has 0 radical (unpaired) electrons. The summed E-state index contributed by atoms with van der Waals surface area (Å²) in [6, 6.07) is 11.0. The van der Waals surface area contributed by atoms with Crippen molar-refractivity contribution in [2.75, 3.05) is 15.2 Å². The number of hydrogen-bond acceptors (Lipinski definition) is 8. The number of aryl methyl sites for hydroxylation is 2. The molecule has 0 atom stereocenters. The minimum absolute atomic E-state index is 0.00158. The van der Waals surface area contributed by atoms with Crippen molar-refractivity contribution in [2.24, 2.45) is 0 Å². The number of benzene rings is 2. The number of alkyl halides is 5. The van der Waals surface area contributed by atoms with E-state index < -0.39 is 50.7 Å². The maximum atomic E-state index is 13.3. The van der Waals surface area contributed by atoms with Crippen LogP contribution in [0, 0.1) is 20.8 Å². The quantitative estimate of drug-likeness (QED) is 0.0950. The van der Waals surface area contributed by atoms with Crippen molar-refractivity contribution in [1.82, 2.24) is 9.55 Å². The Labute approximate surface area is 264 Å². The summed E-state index contributed by atoms with van der Waals surface area (Å²) in [7, 11) is -8.28. The van der Waals surface area contributed by atoms with Crippen LogP contribution in [0.4, 0.5) is 33.5 Å². The summed E-state index contributed by atoms with van der Waals surface area (Å²) < 4.78 is 122. The second-order valence-corrected chi connectivity index (χ2v) is 16.0. The summed E-state index contributed by atoms with van der Waals surface area (Å²) in [6.07, 6.45) is -7.40. The number of nitrogens with zero attached hydrogens (tertiary/aromatic N) is 2. The Bertz CT molecular complexity index is 1920. The molecule has 0 spiro atoms. The van der Waals surface area contributed by atoms with Gasteiger partial charge in [-0.1, -0.05) is 17.7 Å². The van der Waals surface area contributed by atoms with E-state index in [0.717, 1.165) is 29.5 Å². The van der Waals surface area contributed by atoms with Crippen LogP contribution in [-0.2, 0) is 20.0 Å². The third kappa shape index (κ3) is 7.78. The number of sulfonamides is 2. The molecule has 0 saturated carbocycles. The van der Waals surface area contributed by atoms with Gasteiger partial charge in [0.2, 0.25) is 0 Å². The number of nitrogens with one attached hydrogen (secondary N) is 2. The van der Waals surface area contributed by atoms with Gasteiger partial charge in [0, 0.05) is 22.7 Å². The lowest BCUT2D eigenvalue weighted by Crippen LogP contribution is -2.36. The zero-order chi connectivity index (χ0) is 33.4. The van der Waals surface area contributed by atoms with Crippen LogP contribution in [0.3, 0.4) is 0 Å². The van der Waals surface area contributed by atoms with E-state index in [2.05, 4.69) is 14.4 Å². The lowest BCUT2D eigenvalue weighted by Gasteiger charge is -2.19. The van der Waals surface area contributed by atoms with Crippen molar-refractivity contribution in [3.8, 4) is 5.69 Å². The summed E-state index contributed by atoms with van der Waals surface area (Å²) in [4.78, 5) is 17.1. The van der Waals surface area contributed by atoms with E-state index >= 15 is 0 Å². The van der Waals surface area contributed by atoms with E-state index in [1.54, 1.807) is 26.0 Å². The molecule has 2 aliphatic heterocycles. The van der Waals surface area contributed by atoms with E-state index in [0.29, 0.717) is 14.8 Å². The van der Waals surface area contributed by atoms with Gasteiger partial charge in [-0.25, -0.2) is 21.6 Å². The fourth-order valence-electron chi connectivity index (χ4n) is 4.06. The molecule has 0 aromatic heterocycles. The van der Waals surface area contributed by atoms with Crippen LogP contribution in [0.5, 0.6) is 0 Å². The highest BCUT2D eigenvalue weighted by Crippen LogP contribution is 2.41. The highest BCUT2D eigenvalue weighted by atomic mass is 32.2. The molecule has 2 N–H and O–H groups in total. The number of hydrogen-bond donors (Lipinski definition) is 2. The minimum Gasteiger partial charge on any atom is -0.280 e. The number of unbranched alkanes of at least 4 members (excludes halogenated alkanes) is 1. The number of halogens is 5. The highest BCUT2D eigenvalue weighted by Gasteiger charge is 2.56. The lowest BCUT2D eigenvalue weighted by molar-refractivity contribution is -0.284. The Kier molecular flexibility index (Phi) is 9.92. The molecular formula is C27H27F5N4O5S4. The van der Waals surface area contributed by atoms with Crippen molar-refractivity contribution < 1.29 is 38.8 Å². The number of fused-ring (bicyclic) bond motifs is 1. The monoisotopic (exact) mass is 710 g/mol. The number of imidazole rings is 1. The Balaban J connectivity index is 1.53. The van der Waals surface area contributed by atoms with Crippen LogP contribution in [0.1, 0.15) is 35.4 Å². The summed E-state index contributed by atoms with van der Waals surface area (Å²) in [5.41, 5.74) is 0.795. The first-order chi connectivity index (χ1) is 20.8. The first kappa shape index (κ1) is 34.6. The van der Waals surface area contributed by atoms with Gasteiger partial charge in [-0.05, 0) is 75.8 Å². The fourth-order valence-corrected chi connectivity index (χ4v) is 8.65. The topological polar surface area (TPSA) is 127 Å². The first-order valence-electron chi connectivity index (χ1n) is 13.1. The van der Waals surface area contributed by atoms with Crippen LogP contribution >= 0.6 is 23.1 Å². The molecule has 0 fully saturated rings. The Morgan fingerprint density at radius 3 is 1.98 bits per heavy atom. The number of rotatable bonds is 12. The van der Waals surface area contributed by atoms with Gasteiger partial charge in [-0.15, -0.1) is 23.1 Å². The molecule has 2 aromatic carbocycles. The SMILES string of the molecule is Cc1ccc(S(=O)(=O)Nc2ccc(S(=O)(=O)Nc3nc(=O)n4c(C)c(C)sc(SCCCCC(F)(F)C(F)(F)F)c3-4)cc2)cc1. The van der Waals surface area contributed by atoms with Crippen molar-refractivity contribution in [1.29, 1.82) is 0 Å². The lowest BCUT2D eigenvalue weighted by atomic mass is 10.1. The van der Waals surface area contributed by atoms with Crippen molar-refractivity contribution in [2.45, 2.75) is 66.1 Å². The second kappa shape index (κ2) is 12.9. The van der Waals surface area contributed by atoms with Gasteiger partial charge in [-0.3, -0.25) is 14.0 Å². The highest BCUT2D eigenvalue weighted by molar-refractivity contribution is 8.01. The van der Waals surface area contributed by atoms with Crippen molar-refractivity contribution >= 4 is 54.7 Å². The summed E-state index contributed by atoms with van der Waals surface area (Å²) in [6.45, 7) is 5.15. The van der Waals surface area contributed by atoms with E-state index in [4.69, 9.17) is 0 Å². The molecule has 2 aliphatic rings. The number of thioether (sulfide) groups is 1. The molecule has 0 unspecified atom stereocenters. The standard InChI is InChI=1S/C27H27F5N4O5S4/c1-16-6-10-20(11-7-16)44(38,39)34-19-8-12-21(13-9-19)45(40,41)35-23-22-24(43-18(3)17(2)36(22)25(37)33-23)42-15-5-4-14-26(28,29)27(30,31)32/h6-13,34H,4-5,14-15H2,1-3H3,(H,33,35,37). The third-order valence-corrected chi connectivity index (χ3v) is 11.9. The van der Waals surface area contributed by atoms with Crippen LogP contribution in [0.15, 0.2) is 67.3 Å². The third-order valence-electron chi connectivity index (χ3n) is 6.64. The molecule has 9 nitrogen and oxygen atoms in total. The van der Waals surface area contributed by atoms with Crippen LogP contribution in [-0.4, -0.2) is 44.2 Å². The van der Waals surface area contributed by atoms with Crippen molar-refractivity contribution in [3.63, 3.8) is 0 Å². The van der Waals surface area contributed by atoms with Gasteiger partial charge >= 0.3 is 17.8 Å². The molecule has 244 valence electrons. The zero-order valence-electron chi connectivity index (χ0n) is 23.9. The summed E-state index contributed by atoms with van der Waals surface area (Å²) in [5, 5.41) is 0. The Morgan fingerprint density at radius 1 is 0.844 bits per heavy atom. The zero-order valence-corrected chi connectivity index (χ0v) is 27.2. The largest absolute Gasteiger partial charge is 0.453 e. The van der Waals surface area contributed by atoms with Gasteiger partial charge in [0.25, 0.3) is 20.0 Å². The normalized spacial score (nSPS) is 12.9. The Morgan fingerprint density at radius 2 is 1.40 bits per heavy atom. The van der Waals surface area contributed by atoms with Gasteiger partial charge in [0.1, 0.15) is 5.69 Å². The predicted octanol–water partition coefficient (Wildman–Crippen LogP) is 6.72.